The van der Waals surface area contributed by atoms with Gasteiger partial charge in [0.25, 0.3) is 0 Å². The van der Waals surface area contributed by atoms with E-state index in [1.54, 1.807) is 37.4 Å². The van der Waals surface area contributed by atoms with Gasteiger partial charge < -0.3 is 28.8 Å². The van der Waals surface area contributed by atoms with Crippen LogP contribution in [0.1, 0.15) is 40.9 Å². The number of carbonyl (C=O) groups excluding carboxylic acids is 1. The van der Waals surface area contributed by atoms with Crippen LogP contribution in [0.3, 0.4) is 0 Å². The van der Waals surface area contributed by atoms with Gasteiger partial charge in [0.05, 0.1) is 24.3 Å². The average molecular weight is 505 g/mol. The summed E-state index contributed by atoms with van der Waals surface area (Å²) in [4.78, 5) is 13.2. The highest BCUT2D eigenvalue weighted by Crippen LogP contribution is 2.39. The number of benzene rings is 3. The second kappa shape index (κ2) is 12.0. The number of aliphatic hydroxyl groups excluding tert-OH is 1. The van der Waals surface area contributed by atoms with Crippen LogP contribution in [-0.4, -0.2) is 43.4 Å². The lowest BCUT2D eigenvalue weighted by atomic mass is 9.99. The van der Waals surface area contributed by atoms with E-state index in [1.807, 2.05) is 56.3 Å². The van der Waals surface area contributed by atoms with Crippen LogP contribution in [0.5, 0.6) is 23.0 Å². The molecule has 0 bridgehead atoms. The van der Waals surface area contributed by atoms with E-state index in [-0.39, 0.29) is 25.6 Å². The van der Waals surface area contributed by atoms with Crippen molar-refractivity contribution in [1.82, 2.24) is 0 Å². The van der Waals surface area contributed by atoms with Crippen molar-refractivity contribution in [2.45, 2.75) is 32.7 Å². The standard InChI is InChI=1S/C30H32O7/c1-30(2)14-13-25-27(37-30)12-9-22(18-31)29(25)36-20-26(32)24-11-10-23(17-28(24)34-16-15-33-3)35-19-21-7-5-4-6-8-21/h4-14,17,31H,15-16,18-20H2,1-3H3. The highest BCUT2D eigenvalue weighted by molar-refractivity contribution is 6.00. The molecular formula is C30H32O7. The Morgan fingerprint density at radius 1 is 0.973 bits per heavy atom. The Morgan fingerprint density at radius 3 is 2.54 bits per heavy atom. The Hall–Kier alpha value is -3.81. The van der Waals surface area contributed by atoms with E-state index in [0.29, 0.717) is 52.9 Å². The zero-order valence-electron chi connectivity index (χ0n) is 21.4. The normalized spacial score (nSPS) is 13.4. The Bertz CT molecular complexity index is 1250. The number of rotatable bonds is 12. The average Bonchev–Trinajstić information content (AvgIpc) is 2.90. The van der Waals surface area contributed by atoms with Gasteiger partial charge in [0.1, 0.15) is 41.8 Å². The molecule has 0 saturated carbocycles. The van der Waals surface area contributed by atoms with Crippen molar-refractivity contribution < 1.29 is 33.6 Å². The van der Waals surface area contributed by atoms with Gasteiger partial charge in [-0.05, 0) is 55.8 Å². The number of fused-ring (bicyclic) bond motifs is 1. The summed E-state index contributed by atoms with van der Waals surface area (Å²) in [5.41, 5.74) is 2.21. The second-order valence-corrected chi connectivity index (χ2v) is 9.15. The molecule has 0 saturated heterocycles. The minimum atomic E-state index is -0.459. The molecule has 0 unspecified atom stereocenters. The van der Waals surface area contributed by atoms with E-state index in [2.05, 4.69) is 0 Å². The van der Waals surface area contributed by atoms with Crippen molar-refractivity contribution in [2.24, 2.45) is 0 Å². The molecule has 3 aromatic carbocycles. The molecular weight excluding hydrogens is 472 g/mol. The van der Waals surface area contributed by atoms with Crippen LogP contribution in [0.4, 0.5) is 0 Å². The monoisotopic (exact) mass is 504 g/mol. The van der Waals surface area contributed by atoms with Crippen LogP contribution in [0.15, 0.2) is 66.7 Å². The molecule has 4 rings (SSSR count). The molecule has 0 atom stereocenters. The lowest BCUT2D eigenvalue weighted by Gasteiger charge is -2.29. The smallest absolute Gasteiger partial charge is 0.203 e. The number of aliphatic hydroxyl groups is 1. The van der Waals surface area contributed by atoms with Crippen LogP contribution < -0.4 is 18.9 Å². The fraction of sp³-hybridized carbons (Fsp3) is 0.300. The van der Waals surface area contributed by atoms with Gasteiger partial charge >= 0.3 is 0 Å². The van der Waals surface area contributed by atoms with Crippen LogP contribution >= 0.6 is 0 Å². The van der Waals surface area contributed by atoms with E-state index in [1.165, 1.54) is 0 Å². The summed E-state index contributed by atoms with van der Waals surface area (Å²) < 4.78 is 28.8. The summed E-state index contributed by atoms with van der Waals surface area (Å²) in [6, 6.07) is 18.5. The molecule has 0 amide bonds. The van der Waals surface area contributed by atoms with Crippen LogP contribution in [-0.2, 0) is 18.0 Å². The van der Waals surface area contributed by atoms with Crippen molar-refractivity contribution >= 4 is 11.9 Å². The molecule has 7 heteroatoms. The van der Waals surface area contributed by atoms with E-state index < -0.39 is 5.60 Å². The molecule has 1 aliphatic heterocycles. The summed E-state index contributed by atoms with van der Waals surface area (Å²) in [6.07, 6.45) is 3.82. The predicted octanol–water partition coefficient (Wildman–Crippen LogP) is 5.23. The van der Waals surface area contributed by atoms with Crippen molar-refractivity contribution in [1.29, 1.82) is 0 Å². The summed E-state index contributed by atoms with van der Waals surface area (Å²) in [6.45, 7) is 4.47. The first-order valence-corrected chi connectivity index (χ1v) is 12.1. The number of ketones is 1. The van der Waals surface area contributed by atoms with Crippen LogP contribution in [0.25, 0.3) is 6.08 Å². The highest BCUT2D eigenvalue weighted by atomic mass is 16.5. The third-order valence-electron chi connectivity index (χ3n) is 5.83. The largest absolute Gasteiger partial charge is 0.490 e. The number of ether oxygens (including phenoxy) is 5. The molecule has 1 N–H and O–H groups in total. The Morgan fingerprint density at radius 2 is 1.78 bits per heavy atom. The first kappa shape index (κ1) is 26.3. The number of Topliss-reactive ketones (excluding diaryl/α,β-unsaturated/α-hetero) is 1. The topological polar surface area (TPSA) is 83.5 Å². The van der Waals surface area contributed by atoms with Crippen molar-refractivity contribution in [3.63, 3.8) is 0 Å². The maximum Gasteiger partial charge on any atom is 0.203 e. The van der Waals surface area contributed by atoms with Gasteiger partial charge in [-0.1, -0.05) is 30.3 Å². The molecule has 37 heavy (non-hydrogen) atoms. The number of carbonyl (C=O) groups is 1. The predicted molar refractivity (Wildman–Crippen MR) is 141 cm³/mol. The summed E-state index contributed by atoms with van der Waals surface area (Å²) in [7, 11) is 1.58. The van der Waals surface area contributed by atoms with Crippen LogP contribution in [0, 0.1) is 0 Å². The second-order valence-electron chi connectivity index (χ2n) is 9.15. The molecule has 0 aliphatic carbocycles. The number of hydrogen-bond donors (Lipinski definition) is 1. The minimum Gasteiger partial charge on any atom is -0.490 e. The van der Waals surface area contributed by atoms with E-state index in [0.717, 1.165) is 5.56 Å². The summed E-state index contributed by atoms with van der Waals surface area (Å²) in [5, 5.41) is 9.86. The fourth-order valence-corrected chi connectivity index (χ4v) is 3.90. The van der Waals surface area contributed by atoms with Crippen LogP contribution in [0.2, 0.25) is 0 Å². The van der Waals surface area contributed by atoms with Gasteiger partial charge in [-0.15, -0.1) is 0 Å². The van der Waals surface area contributed by atoms with E-state index in [4.69, 9.17) is 23.7 Å². The van der Waals surface area contributed by atoms with E-state index >= 15 is 0 Å². The molecule has 0 spiro atoms. The lowest BCUT2D eigenvalue weighted by molar-refractivity contribution is 0.0910. The molecule has 3 aromatic rings. The Labute approximate surface area is 217 Å². The molecule has 1 aliphatic rings. The Balaban J connectivity index is 1.52. The van der Waals surface area contributed by atoms with Crippen molar-refractivity contribution in [3.8, 4) is 23.0 Å². The quantitative estimate of drug-likeness (QED) is 0.267. The molecule has 1 heterocycles. The van der Waals surface area contributed by atoms with Gasteiger partial charge in [0.2, 0.25) is 5.78 Å². The third kappa shape index (κ3) is 6.70. The van der Waals surface area contributed by atoms with E-state index in [9.17, 15) is 9.90 Å². The number of methoxy groups -OCH3 is 1. The Kier molecular flexibility index (Phi) is 8.48. The number of hydrogen-bond acceptors (Lipinski definition) is 7. The first-order valence-electron chi connectivity index (χ1n) is 12.1. The molecule has 0 aromatic heterocycles. The molecule has 0 fully saturated rings. The first-order chi connectivity index (χ1) is 17.9. The lowest BCUT2D eigenvalue weighted by Crippen LogP contribution is -2.27. The highest BCUT2D eigenvalue weighted by Gasteiger charge is 2.26. The summed E-state index contributed by atoms with van der Waals surface area (Å²) >= 11 is 0. The van der Waals surface area contributed by atoms with Gasteiger partial charge in [0.15, 0.2) is 6.61 Å². The summed E-state index contributed by atoms with van der Waals surface area (Å²) in [5.74, 6) is 1.75. The maximum atomic E-state index is 13.2. The van der Waals surface area contributed by atoms with Crippen molar-refractivity contribution in [2.75, 3.05) is 26.9 Å². The van der Waals surface area contributed by atoms with Gasteiger partial charge in [0, 0.05) is 18.7 Å². The van der Waals surface area contributed by atoms with Gasteiger partial charge in [-0.3, -0.25) is 4.79 Å². The van der Waals surface area contributed by atoms with Gasteiger partial charge in [-0.2, -0.15) is 0 Å². The van der Waals surface area contributed by atoms with Crippen molar-refractivity contribution in [3.05, 3.63) is 89.0 Å². The third-order valence-corrected chi connectivity index (χ3v) is 5.83. The fourth-order valence-electron chi connectivity index (χ4n) is 3.90. The molecule has 0 radical (unpaired) electrons. The zero-order chi connectivity index (χ0) is 26.3. The van der Waals surface area contributed by atoms with Gasteiger partial charge in [-0.25, -0.2) is 0 Å². The zero-order valence-corrected chi connectivity index (χ0v) is 21.4. The minimum absolute atomic E-state index is 0.229. The molecule has 194 valence electrons. The maximum absolute atomic E-state index is 13.2. The SMILES string of the molecule is COCCOc1cc(OCc2ccccc2)ccc1C(=O)COc1c(CO)ccc2c1C=CC(C)(C)O2. The molecule has 7 nitrogen and oxygen atoms in total.